The molecular formula is C66H45N. The van der Waals surface area contributed by atoms with Crippen LogP contribution in [0.5, 0.6) is 0 Å². The first-order valence-corrected chi connectivity index (χ1v) is 23.3. The van der Waals surface area contributed by atoms with Gasteiger partial charge in [-0.25, -0.2) is 0 Å². The lowest BCUT2D eigenvalue weighted by atomic mass is 9.67. The van der Waals surface area contributed by atoms with E-state index >= 15 is 0 Å². The van der Waals surface area contributed by atoms with Gasteiger partial charge in [0.25, 0.3) is 0 Å². The van der Waals surface area contributed by atoms with Crippen LogP contribution in [-0.2, 0) is 10.8 Å². The summed E-state index contributed by atoms with van der Waals surface area (Å²) in [6.45, 7) is 0. The lowest BCUT2D eigenvalue weighted by Gasteiger charge is -2.35. The lowest BCUT2D eigenvalue weighted by Crippen LogP contribution is -2.28. The molecule has 0 amide bonds. The standard InChI is InChI=1S/C66H45N/c1-4-20-50(21-5-1)65(51-22-6-2-7-23-51)63-31-17-14-28-59(63)60-45-56(42-43-64(60)65)67(54-38-34-47(35-39-54)49-33-32-46-18-10-11-19-48(46)44-49)55-40-36-53(37-41-55)66(52-24-8-3-9-25-52)61-29-15-12-26-57(61)58-27-13-16-30-62(58)66/h1-45H. The summed E-state index contributed by atoms with van der Waals surface area (Å²) in [5.74, 6) is 0. The highest BCUT2D eigenvalue weighted by Gasteiger charge is 2.47. The summed E-state index contributed by atoms with van der Waals surface area (Å²) in [5, 5.41) is 2.49. The van der Waals surface area contributed by atoms with Crippen molar-refractivity contribution in [2.45, 2.75) is 10.8 Å². The summed E-state index contributed by atoms with van der Waals surface area (Å²) in [4.78, 5) is 2.44. The zero-order valence-electron chi connectivity index (χ0n) is 36.9. The van der Waals surface area contributed by atoms with Crippen LogP contribution in [0.1, 0.15) is 44.5 Å². The van der Waals surface area contributed by atoms with Crippen molar-refractivity contribution in [1.82, 2.24) is 0 Å². The molecule has 1 nitrogen and oxygen atoms in total. The van der Waals surface area contributed by atoms with Crippen molar-refractivity contribution in [2.75, 3.05) is 4.90 Å². The Morgan fingerprint density at radius 1 is 0.224 bits per heavy atom. The van der Waals surface area contributed by atoms with E-state index in [2.05, 4.69) is 278 Å². The highest BCUT2D eigenvalue weighted by molar-refractivity contribution is 5.92. The minimum atomic E-state index is -0.477. The molecule has 0 bridgehead atoms. The molecule has 2 aliphatic carbocycles. The van der Waals surface area contributed by atoms with Crippen LogP contribution < -0.4 is 4.90 Å². The zero-order chi connectivity index (χ0) is 44.4. The molecule has 2 aliphatic rings. The van der Waals surface area contributed by atoms with E-state index in [4.69, 9.17) is 0 Å². The molecule has 11 aromatic carbocycles. The maximum Gasteiger partial charge on any atom is 0.0713 e. The van der Waals surface area contributed by atoms with Gasteiger partial charge in [0.1, 0.15) is 0 Å². The maximum absolute atomic E-state index is 2.44. The smallest absolute Gasteiger partial charge is 0.0713 e. The Bertz CT molecular complexity index is 3530. The number of fused-ring (bicyclic) bond motifs is 7. The van der Waals surface area contributed by atoms with Gasteiger partial charge in [0.2, 0.25) is 0 Å². The molecule has 0 saturated heterocycles. The second-order valence-electron chi connectivity index (χ2n) is 18.0. The van der Waals surface area contributed by atoms with Crippen molar-refractivity contribution < 1.29 is 0 Å². The number of hydrogen-bond donors (Lipinski definition) is 0. The van der Waals surface area contributed by atoms with Crippen LogP contribution in [0.15, 0.2) is 273 Å². The summed E-state index contributed by atoms with van der Waals surface area (Å²) in [5.41, 5.74) is 20.1. The summed E-state index contributed by atoms with van der Waals surface area (Å²) in [7, 11) is 0. The van der Waals surface area contributed by atoms with Gasteiger partial charge >= 0.3 is 0 Å². The maximum atomic E-state index is 2.44. The monoisotopic (exact) mass is 851 g/mol. The number of benzene rings is 11. The van der Waals surface area contributed by atoms with Crippen molar-refractivity contribution in [3.63, 3.8) is 0 Å². The van der Waals surface area contributed by atoms with Gasteiger partial charge in [-0.15, -0.1) is 0 Å². The van der Waals surface area contributed by atoms with Crippen LogP contribution in [0.25, 0.3) is 44.2 Å². The van der Waals surface area contributed by atoms with Crippen molar-refractivity contribution in [3.05, 3.63) is 317 Å². The highest BCUT2D eigenvalue weighted by Crippen LogP contribution is 2.58. The second kappa shape index (κ2) is 15.6. The van der Waals surface area contributed by atoms with Crippen molar-refractivity contribution in [1.29, 1.82) is 0 Å². The van der Waals surface area contributed by atoms with Gasteiger partial charge in [0, 0.05) is 17.1 Å². The van der Waals surface area contributed by atoms with E-state index in [9.17, 15) is 0 Å². The molecule has 0 aromatic heterocycles. The molecule has 314 valence electrons. The molecule has 0 fully saturated rings. The van der Waals surface area contributed by atoms with Crippen LogP contribution in [0.2, 0.25) is 0 Å². The van der Waals surface area contributed by atoms with Crippen LogP contribution in [-0.4, -0.2) is 0 Å². The van der Waals surface area contributed by atoms with Gasteiger partial charge in [-0.3, -0.25) is 0 Å². The van der Waals surface area contributed by atoms with Gasteiger partial charge in [-0.2, -0.15) is 0 Å². The zero-order valence-corrected chi connectivity index (χ0v) is 36.9. The molecule has 0 unspecified atom stereocenters. The average molecular weight is 852 g/mol. The fourth-order valence-electron chi connectivity index (χ4n) is 11.8. The molecule has 0 N–H and O–H groups in total. The number of anilines is 3. The fraction of sp³-hybridized carbons (Fsp3) is 0.0303. The molecule has 0 heterocycles. The predicted molar refractivity (Wildman–Crippen MR) is 279 cm³/mol. The van der Waals surface area contributed by atoms with E-state index in [1.807, 2.05) is 0 Å². The SMILES string of the molecule is c1ccc(C2(c3ccc(N(c4ccc(-c5ccc6ccccc6c5)cc4)c4ccc5c(c4)-c4ccccc4C5(c4ccccc4)c4ccccc4)cc3)c3ccccc3-c3ccccc32)cc1. The number of hydrogen-bond acceptors (Lipinski definition) is 1. The fourth-order valence-corrected chi connectivity index (χ4v) is 11.8. The molecular weight excluding hydrogens is 807 g/mol. The molecule has 13 rings (SSSR count). The molecule has 0 spiro atoms. The van der Waals surface area contributed by atoms with Gasteiger partial charge in [0.05, 0.1) is 10.8 Å². The van der Waals surface area contributed by atoms with Crippen LogP contribution >= 0.6 is 0 Å². The molecule has 11 aromatic rings. The van der Waals surface area contributed by atoms with Crippen molar-refractivity contribution >= 4 is 27.8 Å². The van der Waals surface area contributed by atoms with E-state index in [-0.39, 0.29) is 0 Å². The predicted octanol–water partition coefficient (Wildman–Crippen LogP) is 16.7. The normalized spacial score (nSPS) is 13.6. The molecule has 67 heavy (non-hydrogen) atoms. The van der Waals surface area contributed by atoms with Gasteiger partial charge < -0.3 is 4.90 Å². The van der Waals surface area contributed by atoms with Crippen molar-refractivity contribution in [2.24, 2.45) is 0 Å². The Morgan fingerprint density at radius 3 is 1.12 bits per heavy atom. The van der Waals surface area contributed by atoms with Crippen LogP contribution in [0, 0.1) is 0 Å². The van der Waals surface area contributed by atoms with E-state index in [1.54, 1.807) is 0 Å². The molecule has 0 aliphatic heterocycles. The first-order valence-electron chi connectivity index (χ1n) is 23.3. The summed E-state index contributed by atoms with van der Waals surface area (Å²) in [6, 6.07) is 101. The number of nitrogens with zero attached hydrogens (tertiary/aromatic N) is 1. The van der Waals surface area contributed by atoms with Crippen LogP contribution in [0.3, 0.4) is 0 Å². The molecule has 0 radical (unpaired) electrons. The molecule has 1 heteroatoms. The quantitative estimate of drug-likeness (QED) is 0.147. The first-order chi connectivity index (χ1) is 33.2. The minimum Gasteiger partial charge on any atom is -0.310 e. The molecule has 0 atom stereocenters. The average Bonchev–Trinajstić information content (AvgIpc) is 3.88. The Balaban J connectivity index is 1.00. The van der Waals surface area contributed by atoms with E-state index in [1.165, 1.54) is 88.7 Å². The third-order valence-electron chi connectivity index (χ3n) is 14.6. The lowest BCUT2D eigenvalue weighted by molar-refractivity contribution is 0.768. The number of rotatable bonds is 8. The van der Waals surface area contributed by atoms with Crippen LogP contribution in [0.4, 0.5) is 17.1 Å². The Kier molecular flexibility index (Phi) is 9.05. The Morgan fingerprint density at radius 2 is 0.597 bits per heavy atom. The van der Waals surface area contributed by atoms with Crippen molar-refractivity contribution in [3.8, 4) is 33.4 Å². The van der Waals surface area contributed by atoms with E-state index in [0.717, 1.165) is 17.1 Å². The van der Waals surface area contributed by atoms with Gasteiger partial charge in [-0.05, 0) is 131 Å². The van der Waals surface area contributed by atoms with E-state index in [0.29, 0.717) is 0 Å². The third-order valence-corrected chi connectivity index (χ3v) is 14.6. The topological polar surface area (TPSA) is 3.24 Å². The third kappa shape index (κ3) is 5.88. The minimum absolute atomic E-state index is 0.472. The molecule has 0 saturated carbocycles. The Hall–Kier alpha value is -8.52. The first kappa shape index (κ1) is 38.9. The van der Waals surface area contributed by atoms with E-state index < -0.39 is 10.8 Å². The second-order valence-corrected chi connectivity index (χ2v) is 18.0. The summed E-state index contributed by atoms with van der Waals surface area (Å²) < 4.78 is 0. The summed E-state index contributed by atoms with van der Waals surface area (Å²) >= 11 is 0. The Labute approximate surface area is 392 Å². The summed E-state index contributed by atoms with van der Waals surface area (Å²) in [6.07, 6.45) is 0. The van der Waals surface area contributed by atoms with Gasteiger partial charge in [-0.1, -0.05) is 231 Å². The van der Waals surface area contributed by atoms with Gasteiger partial charge in [0.15, 0.2) is 0 Å². The highest BCUT2D eigenvalue weighted by atomic mass is 15.1. The largest absolute Gasteiger partial charge is 0.310 e.